The van der Waals surface area contributed by atoms with Crippen molar-refractivity contribution in [2.24, 2.45) is 7.05 Å². The second-order valence-electron chi connectivity index (χ2n) is 5.60. The van der Waals surface area contributed by atoms with Gasteiger partial charge in [-0.25, -0.2) is 4.98 Å². The lowest BCUT2D eigenvalue weighted by Crippen LogP contribution is -2.44. The van der Waals surface area contributed by atoms with E-state index < -0.39 is 0 Å². The van der Waals surface area contributed by atoms with Gasteiger partial charge < -0.3 is 9.64 Å². The van der Waals surface area contributed by atoms with E-state index in [9.17, 15) is 0 Å². The molecule has 1 atom stereocenters. The van der Waals surface area contributed by atoms with Gasteiger partial charge in [0.25, 0.3) is 0 Å². The van der Waals surface area contributed by atoms with Gasteiger partial charge in [-0.1, -0.05) is 0 Å². The molecule has 0 bridgehead atoms. The number of hydrogen-bond acceptors (Lipinski definition) is 6. The summed E-state index contributed by atoms with van der Waals surface area (Å²) >= 11 is 7.87. The van der Waals surface area contributed by atoms with Gasteiger partial charge in [0.2, 0.25) is 5.28 Å². The van der Waals surface area contributed by atoms with Crippen LogP contribution in [-0.4, -0.2) is 45.5 Å². The van der Waals surface area contributed by atoms with Gasteiger partial charge in [-0.05, 0) is 24.6 Å². The van der Waals surface area contributed by atoms with Crippen molar-refractivity contribution in [3.05, 3.63) is 22.9 Å². The van der Waals surface area contributed by atoms with Crippen molar-refractivity contribution < 1.29 is 4.74 Å². The van der Waals surface area contributed by atoms with Crippen molar-refractivity contribution in [3.63, 3.8) is 0 Å². The third-order valence-electron chi connectivity index (χ3n) is 4.11. The minimum absolute atomic E-state index is 0.264. The molecule has 0 aromatic carbocycles. The first kappa shape index (κ1) is 14.9. The maximum atomic E-state index is 6.22. The minimum Gasteiger partial charge on any atom is -0.377 e. The van der Waals surface area contributed by atoms with Crippen LogP contribution in [-0.2, 0) is 11.8 Å². The standard InChI is InChI=1S/C15H16ClN5OS/c1-9-7-22-6-5-21(9)14-13-12(18-15(16)19-14)10(8-23-13)11-3-4-17-20(11)2/h3-4,8-9H,5-7H2,1-2H3. The Labute approximate surface area is 142 Å². The second kappa shape index (κ2) is 5.74. The van der Waals surface area contributed by atoms with Crippen molar-refractivity contribution in [1.82, 2.24) is 19.7 Å². The van der Waals surface area contributed by atoms with Crippen molar-refractivity contribution in [2.45, 2.75) is 13.0 Å². The minimum atomic E-state index is 0.264. The summed E-state index contributed by atoms with van der Waals surface area (Å²) in [6.45, 7) is 4.34. The SMILES string of the molecule is CC1COCCN1c1nc(Cl)nc2c(-c3ccnn3C)csc12. The molecule has 0 saturated carbocycles. The molecule has 3 aromatic rings. The Bertz CT molecular complexity index is 861. The zero-order valence-corrected chi connectivity index (χ0v) is 14.4. The van der Waals surface area contributed by atoms with Gasteiger partial charge in [-0.3, -0.25) is 4.68 Å². The van der Waals surface area contributed by atoms with E-state index in [-0.39, 0.29) is 11.3 Å². The number of thiophene rings is 1. The second-order valence-corrected chi connectivity index (χ2v) is 6.82. The van der Waals surface area contributed by atoms with Gasteiger partial charge in [-0.2, -0.15) is 10.1 Å². The molecule has 3 aromatic heterocycles. The number of morpholine rings is 1. The van der Waals surface area contributed by atoms with E-state index in [1.54, 1.807) is 17.5 Å². The van der Waals surface area contributed by atoms with Crippen molar-refractivity contribution >= 4 is 39.0 Å². The first-order chi connectivity index (χ1) is 11.1. The molecular formula is C15H16ClN5OS. The Hall–Kier alpha value is -1.70. The lowest BCUT2D eigenvalue weighted by Gasteiger charge is -2.34. The smallest absolute Gasteiger partial charge is 0.224 e. The van der Waals surface area contributed by atoms with Crippen LogP contribution in [0, 0.1) is 0 Å². The summed E-state index contributed by atoms with van der Waals surface area (Å²) in [6, 6.07) is 2.24. The fourth-order valence-corrected chi connectivity index (χ4v) is 4.10. The Morgan fingerprint density at radius 2 is 2.26 bits per heavy atom. The molecule has 1 aliphatic heterocycles. The summed E-state index contributed by atoms with van der Waals surface area (Å²) in [7, 11) is 1.92. The highest BCUT2D eigenvalue weighted by molar-refractivity contribution is 7.18. The number of nitrogens with zero attached hydrogens (tertiary/aromatic N) is 5. The molecule has 120 valence electrons. The van der Waals surface area contributed by atoms with E-state index in [1.165, 1.54) is 0 Å². The third-order valence-corrected chi connectivity index (χ3v) is 5.24. The molecule has 0 spiro atoms. The Balaban J connectivity index is 1.90. The predicted octanol–water partition coefficient (Wildman–Crippen LogP) is 2.97. The van der Waals surface area contributed by atoms with E-state index in [0.717, 1.165) is 33.8 Å². The van der Waals surface area contributed by atoms with Gasteiger partial charge in [-0.15, -0.1) is 11.3 Å². The summed E-state index contributed by atoms with van der Waals surface area (Å²) in [4.78, 5) is 11.2. The van der Waals surface area contributed by atoms with Crippen LogP contribution in [0.25, 0.3) is 21.5 Å². The summed E-state index contributed by atoms with van der Waals surface area (Å²) < 4.78 is 8.43. The molecule has 1 saturated heterocycles. The number of anilines is 1. The van der Waals surface area contributed by atoms with E-state index in [1.807, 2.05) is 17.8 Å². The van der Waals surface area contributed by atoms with Crippen LogP contribution in [0.1, 0.15) is 6.92 Å². The largest absolute Gasteiger partial charge is 0.377 e. The van der Waals surface area contributed by atoms with Crippen molar-refractivity contribution in [1.29, 1.82) is 0 Å². The highest BCUT2D eigenvalue weighted by Gasteiger charge is 2.25. The third kappa shape index (κ3) is 2.49. The average molecular weight is 350 g/mol. The first-order valence-corrected chi connectivity index (χ1v) is 8.68. The molecular weight excluding hydrogens is 334 g/mol. The zero-order valence-electron chi connectivity index (χ0n) is 12.9. The summed E-state index contributed by atoms with van der Waals surface area (Å²) in [5.74, 6) is 0.897. The van der Waals surface area contributed by atoms with E-state index in [0.29, 0.717) is 13.2 Å². The zero-order chi connectivity index (χ0) is 16.0. The monoisotopic (exact) mass is 349 g/mol. The number of fused-ring (bicyclic) bond motifs is 1. The Kier molecular flexibility index (Phi) is 3.71. The Morgan fingerprint density at radius 1 is 1.39 bits per heavy atom. The maximum absolute atomic E-state index is 6.22. The number of rotatable bonds is 2. The molecule has 8 heteroatoms. The van der Waals surface area contributed by atoms with E-state index in [2.05, 4.69) is 32.3 Å². The quantitative estimate of drug-likeness (QED) is 0.666. The van der Waals surface area contributed by atoms with Crippen LogP contribution < -0.4 is 4.90 Å². The number of ether oxygens (including phenoxy) is 1. The van der Waals surface area contributed by atoms with Crippen LogP contribution in [0.3, 0.4) is 0 Å². The summed E-state index contributed by atoms with van der Waals surface area (Å²) in [5.41, 5.74) is 2.94. The molecule has 23 heavy (non-hydrogen) atoms. The summed E-state index contributed by atoms with van der Waals surface area (Å²) in [5, 5.41) is 6.61. The molecule has 0 radical (unpaired) electrons. The van der Waals surface area contributed by atoms with Crippen LogP contribution in [0.5, 0.6) is 0 Å². The highest BCUT2D eigenvalue weighted by atomic mass is 35.5. The van der Waals surface area contributed by atoms with Gasteiger partial charge in [0.1, 0.15) is 0 Å². The van der Waals surface area contributed by atoms with Gasteiger partial charge in [0.15, 0.2) is 5.82 Å². The van der Waals surface area contributed by atoms with Gasteiger partial charge >= 0.3 is 0 Å². The highest BCUT2D eigenvalue weighted by Crippen LogP contribution is 2.38. The van der Waals surface area contributed by atoms with Crippen LogP contribution in [0.2, 0.25) is 5.28 Å². The van der Waals surface area contributed by atoms with Crippen molar-refractivity contribution in [2.75, 3.05) is 24.7 Å². The molecule has 0 aliphatic carbocycles. The van der Waals surface area contributed by atoms with E-state index in [4.69, 9.17) is 16.3 Å². The molecule has 6 nitrogen and oxygen atoms in total. The fourth-order valence-electron chi connectivity index (χ4n) is 2.93. The average Bonchev–Trinajstić information content (AvgIpc) is 3.13. The normalized spacial score (nSPS) is 18.7. The van der Waals surface area contributed by atoms with Crippen LogP contribution in [0.15, 0.2) is 17.6 Å². The van der Waals surface area contributed by atoms with Crippen LogP contribution >= 0.6 is 22.9 Å². The molecule has 1 unspecified atom stereocenters. The Morgan fingerprint density at radius 3 is 3.00 bits per heavy atom. The number of halogens is 1. The molecule has 4 heterocycles. The molecule has 4 rings (SSSR count). The van der Waals surface area contributed by atoms with Crippen molar-refractivity contribution in [3.8, 4) is 11.3 Å². The van der Waals surface area contributed by atoms with Gasteiger partial charge in [0, 0.05) is 30.7 Å². The molecule has 0 N–H and O–H groups in total. The topological polar surface area (TPSA) is 56.1 Å². The predicted molar refractivity (Wildman–Crippen MR) is 92.3 cm³/mol. The summed E-state index contributed by atoms with van der Waals surface area (Å²) in [6.07, 6.45) is 1.78. The molecule has 1 fully saturated rings. The van der Waals surface area contributed by atoms with Crippen LogP contribution in [0.4, 0.5) is 5.82 Å². The number of hydrogen-bond donors (Lipinski definition) is 0. The molecule has 0 amide bonds. The van der Waals surface area contributed by atoms with E-state index >= 15 is 0 Å². The number of aromatic nitrogens is 4. The fraction of sp³-hybridized carbons (Fsp3) is 0.400. The lowest BCUT2D eigenvalue weighted by molar-refractivity contribution is 0.0987. The van der Waals surface area contributed by atoms with Gasteiger partial charge in [0.05, 0.1) is 35.2 Å². The maximum Gasteiger partial charge on any atom is 0.224 e. The molecule has 1 aliphatic rings. The first-order valence-electron chi connectivity index (χ1n) is 7.42. The number of aryl methyl sites for hydroxylation is 1. The lowest BCUT2D eigenvalue weighted by atomic mass is 10.2.